The molecule has 74 valence electrons. The molecule has 0 aliphatic rings. The number of rotatable bonds is 3. The maximum absolute atomic E-state index is 4.97. The Balaban J connectivity index is 1.98. The molecule has 0 fully saturated rings. The Morgan fingerprint density at radius 3 is 3.00 bits per heavy atom. The Labute approximate surface area is 86.3 Å². The molecule has 0 spiro atoms. The number of aromatic nitrogens is 3. The lowest BCUT2D eigenvalue weighted by Crippen LogP contribution is -1.89. The third kappa shape index (κ3) is 1.98. The van der Waals surface area contributed by atoms with Crippen molar-refractivity contribution in [3.05, 3.63) is 29.9 Å². The van der Waals surface area contributed by atoms with Crippen LogP contribution in [0.2, 0.25) is 0 Å². The number of thioether (sulfide) groups is 1. The third-order valence-electron chi connectivity index (χ3n) is 1.80. The van der Waals surface area contributed by atoms with E-state index in [0.717, 1.165) is 22.4 Å². The van der Waals surface area contributed by atoms with E-state index in [1.807, 2.05) is 30.8 Å². The fourth-order valence-electron chi connectivity index (χ4n) is 1.12. The van der Waals surface area contributed by atoms with Crippen molar-refractivity contribution in [2.24, 2.45) is 7.05 Å². The molecule has 0 saturated heterocycles. The summed E-state index contributed by atoms with van der Waals surface area (Å²) in [6.45, 7) is 1.89. The Morgan fingerprint density at radius 2 is 2.43 bits per heavy atom. The minimum absolute atomic E-state index is 0.794. The second kappa shape index (κ2) is 3.88. The first-order valence-corrected chi connectivity index (χ1v) is 5.26. The number of imidazole rings is 1. The van der Waals surface area contributed by atoms with Gasteiger partial charge in [0.25, 0.3) is 0 Å². The molecule has 0 aromatic carbocycles. The molecule has 0 aliphatic heterocycles. The van der Waals surface area contributed by atoms with E-state index in [1.165, 1.54) is 0 Å². The maximum Gasteiger partial charge on any atom is 0.168 e. The molecule has 2 aromatic heterocycles. The van der Waals surface area contributed by atoms with Gasteiger partial charge < -0.3 is 9.09 Å². The largest absolute Gasteiger partial charge is 0.361 e. The lowest BCUT2D eigenvalue weighted by molar-refractivity contribution is 0.393. The van der Waals surface area contributed by atoms with Crippen LogP contribution in [0.1, 0.15) is 11.5 Å². The van der Waals surface area contributed by atoms with Crippen LogP contribution in [-0.2, 0) is 12.8 Å². The Bertz CT molecular complexity index is 421. The zero-order valence-electron chi connectivity index (χ0n) is 8.10. The van der Waals surface area contributed by atoms with Crippen LogP contribution >= 0.6 is 11.8 Å². The fourth-order valence-corrected chi connectivity index (χ4v) is 1.93. The van der Waals surface area contributed by atoms with Crippen LogP contribution in [0.15, 0.2) is 28.1 Å². The highest BCUT2D eigenvalue weighted by Gasteiger charge is 2.04. The monoisotopic (exact) mass is 209 g/mol. The van der Waals surface area contributed by atoms with Gasteiger partial charge in [0, 0.05) is 31.3 Å². The van der Waals surface area contributed by atoms with Crippen molar-refractivity contribution in [1.82, 2.24) is 14.7 Å². The summed E-state index contributed by atoms with van der Waals surface area (Å²) in [7, 11) is 1.98. The smallest absolute Gasteiger partial charge is 0.168 e. The van der Waals surface area contributed by atoms with Crippen molar-refractivity contribution in [2.45, 2.75) is 17.8 Å². The highest BCUT2D eigenvalue weighted by Crippen LogP contribution is 2.19. The molecule has 2 rings (SSSR count). The molecule has 0 N–H and O–H groups in total. The van der Waals surface area contributed by atoms with E-state index in [-0.39, 0.29) is 0 Å². The van der Waals surface area contributed by atoms with E-state index in [4.69, 9.17) is 4.52 Å². The fraction of sp³-hybridized carbons (Fsp3) is 0.333. The Hall–Kier alpha value is -1.23. The van der Waals surface area contributed by atoms with Crippen molar-refractivity contribution in [3.63, 3.8) is 0 Å². The molecule has 14 heavy (non-hydrogen) atoms. The van der Waals surface area contributed by atoms with Crippen LogP contribution in [0, 0.1) is 6.92 Å². The molecule has 0 aliphatic carbocycles. The summed E-state index contributed by atoms with van der Waals surface area (Å²) in [6, 6.07) is 1.94. The maximum atomic E-state index is 4.97. The first-order chi connectivity index (χ1) is 6.75. The standard InChI is InChI=1S/C9H11N3OS/c1-7-5-8(11-13-7)6-14-9-10-3-4-12(9)2/h3-5H,6H2,1-2H3. The molecule has 4 nitrogen and oxygen atoms in total. The second-order valence-corrected chi connectivity index (χ2v) is 3.98. The molecule has 0 bridgehead atoms. The van der Waals surface area contributed by atoms with Gasteiger partial charge in [-0.05, 0) is 6.92 Å². The predicted molar refractivity (Wildman–Crippen MR) is 54.0 cm³/mol. The van der Waals surface area contributed by atoms with Crippen LogP contribution in [0.4, 0.5) is 0 Å². The summed E-state index contributed by atoms with van der Waals surface area (Å²) in [5.41, 5.74) is 0.954. The van der Waals surface area contributed by atoms with Crippen molar-refractivity contribution < 1.29 is 4.52 Å². The lowest BCUT2D eigenvalue weighted by atomic mass is 10.4. The van der Waals surface area contributed by atoms with Crippen LogP contribution in [0.3, 0.4) is 0 Å². The van der Waals surface area contributed by atoms with Gasteiger partial charge in [0.15, 0.2) is 5.16 Å². The lowest BCUT2D eigenvalue weighted by Gasteiger charge is -1.97. The summed E-state index contributed by atoms with van der Waals surface area (Å²) in [5.74, 6) is 1.64. The molecule has 5 heteroatoms. The number of nitrogens with zero attached hydrogens (tertiary/aromatic N) is 3. The van der Waals surface area contributed by atoms with Gasteiger partial charge in [-0.15, -0.1) is 0 Å². The van der Waals surface area contributed by atoms with Crippen LogP contribution in [-0.4, -0.2) is 14.7 Å². The molecular formula is C9H11N3OS. The summed E-state index contributed by atoms with van der Waals surface area (Å²) < 4.78 is 6.96. The Kier molecular flexibility index (Phi) is 2.58. The molecule has 0 amide bonds. The molecule has 0 radical (unpaired) electrons. The van der Waals surface area contributed by atoms with E-state index in [0.29, 0.717) is 0 Å². The van der Waals surface area contributed by atoms with Gasteiger partial charge in [0.05, 0.1) is 5.69 Å². The van der Waals surface area contributed by atoms with Gasteiger partial charge in [-0.3, -0.25) is 0 Å². The zero-order chi connectivity index (χ0) is 9.97. The summed E-state index contributed by atoms with van der Waals surface area (Å²) >= 11 is 1.65. The molecule has 0 unspecified atom stereocenters. The summed E-state index contributed by atoms with van der Waals surface area (Å²) in [6.07, 6.45) is 3.72. The first-order valence-electron chi connectivity index (χ1n) is 4.28. The Morgan fingerprint density at radius 1 is 1.57 bits per heavy atom. The van der Waals surface area contributed by atoms with Crippen LogP contribution in [0.25, 0.3) is 0 Å². The minimum Gasteiger partial charge on any atom is -0.361 e. The number of aryl methyl sites for hydroxylation is 2. The topological polar surface area (TPSA) is 43.9 Å². The van der Waals surface area contributed by atoms with Crippen molar-refractivity contribution >= 4 is 11.8 Å². The second-order valence-electron chi connectivity index (χ2n) is 3.04. The SMILES string of the molecule is Cc1cc(CSc2nccn2C)no1. The van der Waals surface area contributed by atoms with E-state index < -0.39 is 0 Å². The van der Waals surface area contributed by atoms with E-state index >= 15 is 0 Å². The van der Waals surface area contributed by atoms with Crippen LogP contribution < -0.4 is 0 Å². The highest BCUT2D eigenvalue weighted by molar-refractivity contribution is 7.98. The molecule has 2 aromatic rings. The average molecular weight is 209 g/mol. The first kappa shape index (κ1) is 9.33. The quantitative estimate of drug-likeness (QED) is 0.725. The normalized spacial score (nSPS) is 10.7. The molecular weight excluding hydrogens is 198 g/mol. The van der Waals surface area contributed by atoms with Gasteiger partial charge >= 0.3 is 0 Å². The summed E-state index contributed by atoms with van der Waals surface area (Å²) in [5, 5.41) is 4.90. The van der Waals surface area contributed by atoms with Gasteiger partial charge in [-0.2, -0.15) is 0 Å². The highest BCUT2D eigenvalue weighted by atomic mass is 32.2. The van der Waals surface area contributed by atoms with Crippen LogP contribution in [0.5, 0.6) is 0 Å². The van der Waals surface area contributed by atoms with Gasteiger partial charge in [0.1, 0.15) is 5.76 Å². The van der Waals surface area contributed by atoms with E-state index in [1.54, 1.807) is 18.0 Å². The number of hydrogen-bond donors (Lipinski definition) is 0. The average Bonchev–Trinajstić information content (AvgIpc) is 2.72. The number of hydrogen-bond acceptors (Lipinski definition) is 4. The van der Waals surface area contributed by atoms with Gasteiger partial charge in [-0.1, -0.05) is 16.9 Å². The van der Waals surface area contributed by atoms with Gasteiger partial charge in [0.2, 0.25) is 0 Å². The van der Waals surface area contributed by atoms with Crippen molar-refractivity contribution in [3.8, 4) is 0 Å². The van der Waals surface area contributed by atoms with Crippen molar-refractivity contribution in [2.75, 3.05) is 0 Å². The summed E-state index contributed by atoms with van der Waals surface area (Å²) in [4.78, 5) is 4.21. The van der Waals surface area contributed by atoms with E-state index in [2.05, 4.69) is 10.1 Å². The molecule has 0 atom stereocenters. The predicted octanol–water partition coefficient (Wildman–Crippen LogP) is 2.01. The minimum atomic E-state index is 0.794. The molecule has 0 saturated carbocycles. The van der Waals surface area contributed by atoms with Gasteiger partial charge in [-0.25, -0.2) is 4.98 Å². The van der Waals surface area contributed by atoms with Crippen molar-refractivity contribution in [1.29, 1.82) is 0 Å². The third-order valence-corrected chi connectivity index (χ3v) is 2.89. The zero-order valence-corrected chi connectivity index (χ0v) is 8.91. The molecule has 2 heterocycles. The van der Waals surface area contributed by atoms with E-state index in [9.17, 15) is 0 Å².